The molecule has 1 aliphatic heterocycles. The highest BCUT2D eigenvalue weighted by Crippen LogP contribution is 2.20. The third-order valence-corrected chi connectivity index (χ3v) is 5.27. The van der Waals surface area contributed by atoms with Crippen molar-refractivity contribution >= 4 is 21.6 Å². The standard InChI is InChI=1S/C16H22N2O2S/c1-3-12(14-5-4-8-20-14)17-10-11-6-7-13-15(9-11)21-16(19)18(13)2/h6-7,9,12,14,17H,3-5,8,10H2,1-2H3. The van der Waals surface area contributed by atoms with Crippen molar-refractivity contribution in [2.24, 2.45) is 7.05 Å². The van der Waals surface area contributed by atoms with E-state index in [1.165, 1.54) is 23.3 Å². The fraction of sp³-hybridized carbons (Fsp3) is 0.562. The molecule has 1 aromatic heterocycles. The number of thiazole rings is 1. The molecule has 0 spiro atoms. The van der Waals surface area contributed by atoms with Crippen LogP contribution in [0.3, 0.4) is 0 Å². The second kappa shape index (κ2) is 6.30. The molecule has 0 radical (unpaired) electrons. The van der Waals surface area contributed by atoms with E-state index >= 15 is 0 Å². The molecule has 2 atom stereocenters. The largest absolute Gasteiger partial charge is 0.377 e. The molecule has 2 heterocycles. The van der Waals surface area contributed by atoms with E-state index in [2.05, 4.69) is 24.4 Å². The molecule has 5 heteroatoms. The van der Waals surface area contributed by atoms with Gasteiger partial charge in [0.15, 0.2) is 0 Å². The number of hydrogen-bond acceptors (Lipinski definition) is 4. The first kappa shape index (κ1) is 14.8. The van der Waals surface area contributed by atoms with Gasteiger partial charge >= 0.3 is 4.87 Å². The van der Waals surface area contributed by atoms with Gasteiger partial charge in [-0.2, -0.15) is 0 Å². The van der Waals surface area contributed by atoms with Gasteiger partial charge in [0.25, 0.3) is 0 Å². The molecular weight excluding hydrogens is 284 g/mol. The van der Waals surface area contributed by atoms with E-state index in [0.29, 0.717) is 12.1 Å². The molecule has 0 aliphatic carbocycles. The molecule has 1 N–H and O–H groups in total. The van der Waals surface area contributed by atoms with E-state index in [1.807, 2.05) is 13.1 Å². The van der Waals surface area contributed by atoms with Crippen molar-refractivity contribution in [1.82, 2.24) is 9.88 Å². The summed E-state index contributed by atoms with van der Waals surface area (Å²) in [4.78, 5) is 11.8. The summed E-state index contributed by atoms with van der Waals surface area (Å²) in [5.74, 6) is 0. The van der Waals surface area contributed by atoms with Crippen LogP contribution in [-0.4, -0.2) is 23.3 Å². The predicted molar refractivity (Wildman–Crippen MR) is 87.0 cm³/mol. The SMILES string of the molecule is CCC(NCc1ccc2c(c1)sc(=O)n2C)C1CCCO1. The summed E-state index contributed by atoms with van der Waals surface area (Å²) >= 11 is 1.31. The zero-order valence-electron chi connectivity index (χ0n) is 12.6. The molecule has 0 bridgehead atoms. The number of nitrogens with one attached hydrogen (secondary N) is 1. The third kappa shape index (κ3) is 3.05. The Morgan fingerprint density at radius 2 is 2.38 bits per heavy atom. The van der Waals surface area contributed by atoms with E-state index in [9.17, 15) is 4.79 Å². The van der Waals surface area contributed by atoms with Gasteiger partial charge in [0.2, 0.25) is 0 Å². The van der Waals surface area contributed by atoms with Crippen LogP contribution >= 0.6 is 11.3 Å². The maximum absolute atomic E-state index is 11.7. The van der Waals surface area contributed by atoms with Crippen molar-refractivity contribution < 1.29 is 4.74 Å². The normalized spacial score (nSPS) is 20.2. The number of aryl methyl sites for hydroxylation is 1. The van der Waals surface area contributed by atoms with Crippen LogP contribution < -0.4 is 10.2 Å². The first-order valence-electron chi connectivity index (χ1n) is 7.62. The molecule has 1 aliphatic rings. The second-order valence-corrected chi connectivity index (χ2v) is 6.67. The molecule has 2 aromatic rings. The lowest BCUT2D eigenvalue weighted by Gasteiger charge is -2.23. The van der Waals surface area contributed by atoms with E-state index in [0.717, 1.165) is 36.2 Å². The Bertz CT molecular complexity index is 670. The Morgan fingerprint density at radius 1 is 1.52 bits per heavy atom. The molecule has 1 saturated heterocycles. The van der Waals surface area contributed by atoms with Gasteiger partial charge in [0.05, 0.1) is 16.3 Å². The van der Waals surface area contributed by atoms with Crippen LogP contribution in [0.4, 0.5) is 0 Å². The molecule has 0 saturated carbocycles. The van der Waals surface area contributed by atoms with Crippen LogP contribution in [0.5, 0.6) is 0 Å². The van der Waals surface area contributed by atoms with Crippen molar-refractivity contribution in [3.8, 4) is 0 Å². The van der Waals surface area contributed by atoms with Crippen LogP contribution in [0.25, 0.3) is 10.2 Å². The summed E-state index contributed by atoms with van der Waals surface area (Å²) in [5.41, 5.74) is 2.24. The minimum atomic E-state index is 0.0981. The first-order valence-corrected chi connectivity index (χ1v) is 8.44. The summed E-state index contributed by atoms with van der Waals surface area (Å²) < 4.78 is 8.55. The average molecular weight is 306 g/mol. The highest BCUT2D eigenvalue weighted by Gasteiger charge is 2.23. The Hall–Kier alpha value is -1.17. The monoisotopic (exact) mass is 306 g/mol. The minimum absolute atomic E-state index is 0.0981. The van der Waals surface area contributed by atoms with Crippen molar-refractivity contribution in [1.29, 1.82) is 0 Å². The molecule has 114 valence electrons. The molecule has 21 heavy (non-hydrogen) atoms. The lowest BCUT2D eigenvalue weighted by molar-refractivity contribution is 0.0765. The average Bonchev–Trinajstić information content (AvgIpc) is 3.10. The summed E-state index contributed by atoms with van der Waals surface area (Å²) in [5, 5.41) is 3.61. The van der Waals surface area contributed by atoms with Crippen LogP contribution in [-0.2, 0) is 18.3 Å². The highest BCUT2D eigenvalue weighted by atomic mass is 32.1. The summed E-state index contributed by atoms with van der Waals surface area (Å²) in [6.45, 7) is 3.92. The predicted octanol–water partition coefficient (Wildman–Crippen LogP) is 2.65. The maximum Gasteiger partial charge on any atom is 0.307 e. The Kier molecular flexibility index (Phi) is 4.42. The molecule has 0 amide bonds. The topological polar surface area (TPSA) is 43.3 Å². The number of aromatic nitrogens is 1. The van der Waals surface area contributed by atoms with Crippen molar-refractivity contribution in [2.75, 3.05) is 6.61 Å². The quantitative estimate of drug-likeness (QED) is 0.923. The van der Waals surface area contributed by atoms with Gasteiger partial charge in [-0.05, 0) is 37.0 Å². The smallest absolute Gasteiger partial charge is 0.307 e. The van der Waals surface area contributed by atoms with Crippen molar-refractivity contribution in [3.63, 3.8) is 0 Å². The van der Waals surface area contributed by atoms with Gasteiger partial charge in [0, 0.05) is 26.2 Å². The molecule has 1 aromatic carbocycles. The number of benzene rings is 1. The van der Waals surface area contributed by atoms with Crippen LogP contribution in [0, 0.1) is 0 Å². The molecule has 1 fully saturated rings. The highest BCUT2D eigenvalue weighted by molar-refractivity contribution is 7.16. The Balaban J connectivity index is 1.71. The number of ether oxygens (including phenoxy) is 1. The van der Waals surface area contributed by atoms with E-state index in [1.54, 1.807) is 4.57 Å². The molecular formula is C16H22N2O2S. The van der Waals surface area contributed by atoms with E-state index < -0.39 is 0 Å². The zero-order chi connectivity index (χ0) is 14.8. The molecule has 2 unspecified atom stereocenters. The second-order valence-electron chi connectivity index (χ2n) is 5.68. The minimum Gasteiger partial charge on any atom is -0.377 e. The Morgan fingerprint density at radius 3 is 3.10 bits per heavy atom. The fourth-order valence-corrected chi connectivity index (χ4v) is 3.94. The summed E-state index contributed by atoms with van der Waals surface area (Å²) in [7, 11) is 1.82. The Labute approximate surface area is 128 Å². The van der Waals surface area contributed by atoms with Gasteiger partial charge in [-0.1, -0.05) is 24.3 Å². The third-order valence-electron chi connectivity index (χ3n) is 4.28. The van der Waals surface area contributed by atoms with E-state index in [-0.39, 0.29) is 4.87 Å². The van der Waals surface area contributed by atoms with Crippen LogP contribution in [0.15, 0.2) is 23.0 Å². The van der Waals surface area contributed by atoms with Crippen LogP contribution in [0.1, 0.15) is 31.7 Å². The van der Waals surface area contributed by atoms with Gasteiger partial charge < -0.3 is 14.6 Å². The number of nitrogens with zero attached hydrogens (tertiary/aromatic N) is 1. The maximum atomic E-state index is 11.7. The lowest BCUT2D eigenvalue weighted by Crippen LogP contribution is -2.38. The summed E-state index contributed by atoms with van der Waals surface area (Å²) in [6, 6.07) is 6.68. The van der Waals surface area contributed by atoms with E-state index in [4.69, 9.17) is 4.74 Å². The number of fused-ring (bicyclic) bond motifs is 1. The van der Waals surface area contributed by atoms with Crippen LogP contribution in [0.2, 0.25) is 0 Å². The first-order chi connectivity index (χ1) is 10.2. The van der Waals surface area contributed by atoms with Gasteiger partial charge in [-0.3, -0.25) is 4.79 Å². The van der Waals surface area contributed by atoms with Gasteiger partial charge in [-0.25, -0.2) is 0 Å². The molecule has 3 rings (SSSR count). The number of hydrogen-bond donors (Lipinski definition) is 1. The lowest BCUT2D eigenvalue weighted by atomic mass is 10.1. The molecule has 4 nitrogen and oxygen atoms in total. The van der Waals surface area contributed by atoms with Crippen molar-refractivity contribution in [2.45, 2.75) is 44.9 Å². The van der Waals surface area contributed by atoms with Gasteiger partial charge in [0.1, 0.15) is 0 Å². The van der Waals surface area contributed by atoms with Crippen molar-refractivity contribution in [3.05, 3.63) is 33.4 Å². The number of rotatable bonds is 5. The summed E-state index contributed by atoms with van der Waals surface area (Å²) in [6.07, 6.45) is 3.76. The fourth-order valence-electron chi connectivity index (χ4n) is 3.00. The van der Waals surface area contributed by atoms with Gasteiger partial charge in [-0.15, -0.1) is 0 Å². The zero-order valence-corrected chi connectivity index (χ0v) is 13.4.